The normalized spacial score (nSPS) is 16.0. The Balaban J connectivity index is 1.34. The number of likely N-dealkylation sites (tertiary alicyclic amines) is 1. The maximum atomic E-state index is 14.0. The highest BCUT2D eigenvalue weighted by Crippen LogP contribution is 2.39. The summed E-state index contributed by atoms with van der Waals surface area (Å²) in [5, 5.41) is 7.44. The van der Waals surface area contributed by atoms with E-state index >= 15 is 0 Å². The number of carbonyl (C=O) groups is 1. The number of hydrogen-bond donors (Lipinski definition) is 0. The van der Waals surface area contributed by atoms with Crippen LogP contribution in [0.3, 0.4) is 0 Å². The number of aryl methyl sites for hydroxylation is 1. The molecule has 4 heterocycles. The van der Waals surface area contributed by atoms with Crippen molar-refractivity contribution in [1.29, 1.82) is 0 Å². The Morgan fingerprint density at radius 1 is 1.06 bits per heavy atom. The Morgan fingerprint density at radius 2 is 1.88 bits per heavy atom. The van der Waals surface area contributed by atoms with E-state index in [1.165, 1.54) is 12.1 Å². The molecule has 0 saturated carbocycles. The zero-order chi connectivity index (χ0) is 22.5. The van der Waals surface area contributed by atoms with Crippen LogP contribution in [0.25, 0.3) is 22.4 Å². The number of piperidine rings is 1. The van der Waals surface area contributed by atoms with E-state index in [9.17, 15) is 9.18 Å². The monoisotopic (exact) mass is 449 g/mol. The van der Waals surface area contributed by atoms with Gasteiger partial charge in [-0.3, -0.25) is 4.79 Å². The van der Waals surface area contributed by atoms with Gasteiger partial charge < -0.3 is 18.9 Å². The van der Waals surface area contributed by atoms with Crippen LogP contribution < -0.4 is 9.47 Å². The number of hydrogen-bond acceptors (Lipinski definition) is 7. The van der Waals surface area contributed by atoms with E-state index in [0.29, 0.717) is 35.8 Å². The molecule has 0 unspecified atom stereocenters. The fraction of sp³-hybridized carbons (Fsp3) is 0.304. The maximum absolute atomic E-state index is 14.0. The second-order valence-corrected chi connectivity index (χ2v) is 8.23. The van der Waals surface area contributed by atoms with Crippen LogP contribution >= 0.6 is 0 Å². The Kier molecular flexibility index (Phi) is 4.53. The molecule has 0 aliphatic carbocycles. The number of rotatable bonds is 3. The van der Waals surface area contributed by atoms with E-state index in [1.54, 1.807) is 17.9 Å². The van der Waals surface area contributed by atoms with Crippen molar-refractivity contribution in [3.63, 3.8) is 0 Å². The number of aromatic nitrogens is 4. The van der Waals surface area contributed by atoms with Crippen molar-refractivity contribution in [3.05, 3.63) is 53.6 Å². The molecule has 6 rings (SSSR count). The molecular weight excluding hydrogens is 429 g/mol. The number of ether oxygens (including phenoxy) is 2. The molecule has 33 heavy (non-hydrogen) atoms. The van der Waals surface area contributed by atoms with Gasteiger partial charge in [-0.15, -0.1) is 0 Å². The largest absolute Gasteiger partial charge is 0.454 e. The summed E-state index contributed by atoms with van der Waals surface area (Å²) in [6.07, 6.45) is 1.44. The quantitative estimate of drug-likeness (QED) is 0.470. The Labute approximate surface area is 187 Å². The fourth-order valence-electron chi connectivity index (χ4n) is 4.58. The Hall–Kier alpha value is -3.95. The lowest BCUT2D eigenvalue weighted by Gasteiger charge is -2.33. The molecule has 2 aromatic carbocycles. The molecule has 1 amide bonds. The van der Waals surface area contributed by atoms with Crippen LogP contribution in [-0.4, -0.2) is 50.6 Å². The highest BCUT2D eigenvalue weighted by atomic mass is 19.1. The standard InChI is InChI=1S/C23H20FN5O4/c1-13-21(27-33-26-13)23(30)28-8-6-16(7-9-28)29-18-4-3-15(24)11-17(18)25-22(29)14-2-5-19-20(10-14)32-12-31-19/h2-5,10-11,16H,6-9,12H2,1H3. The molecule has 4 aromatic rings. The SMILES string of the molecule is Cc1nonc1C(=O)N1CCC(n2c(-c3ccc4c(c3)OCO4)nc3cc(F)ccc32)CC1. The lowest BCUT2D eigenvalue weighted by Crippen LogP contribution is -2.39. The number of imidazole rings is 1. The van der Waals surface area contributed by atoms with Gasteiger partial charge in [-0.2, -0.15) is 0 Å². The van der Waals surface area contributed by atoms with Crippen molar-refractivity contribution in [2.24, 2.45) is 0 Å². The van der Waals surface area contributed by atoms with Crippen LogP contribution in [0.15, 0.2) is 41.0 Å². The number of carbonyl (C=O) groups excluding carboxylic acids is 1. The highest BCUT2D eigenvalue weighted by molar-refractivity contribution is 5.93. The molecule has 1 fully saturated rings. The summed E-state index contributed by atoms with van der Waals surface area (Å²) in [5.41, 5.74) is 3.03. The summed E-state index contributed by atoms with van der Waals surface area (Å²) in [6.45, 7) is 2.99. The van der Waals surface area contributed by atoms with Crippen molar-refractivity contribution in [2.45, 2.75) is 25.8 Å². The van der Waals surface area contributed by atoms with Gasteiger partial charge >= 0.3 is 0 Å². The first-order chi connectivity index (χ1) is 16.1. The van der Waals surface area contributed by atoms with Crippen LogP contribution in [0.5, 0.6) is 11.5 Å². The minimum Gasteiger partial charge on any atom is -0.454 e. The van der Waals surface area contributed by atoms with Crippen LogP contribution in [0.1, 0.15) is 35.1 Å². The molecule has 2 aliphatic rings. The van der Waals surface area contributed by atoms with Gasteiger partial charge in [0.05, 0.1) is 11.0 Å². The van der Waals surface area contributed by atoms with E-state index in [2.05, 4.69) is 19.5 Å². The van der Waals surface area contributed by atoms with E-state index in [4.69, 9.17) is 14.5 Å². The molecule has 10 heteroatoms. The third-order valence-electron chi connectivity index (χ3n) is 6.25. The Morgan fingerprint density at radius 3 is 2.67 bits per heavy atom. The van der Waals surface area contributed by atoms with Crippen molar-refractivity contribution in [1.82, 2.24) is 24.8 Å². The number of fused-ring (bicyclic) bond motifs is 2. The number of nitrogens with zero attached hydrogens (tertiary/aromatic N) is 5. The van der Waals surface area contributed by atoms with Gasteiger partial charge in [0, 0.05) is 30.8 Å². The molecule has 0 atom stereocenters. The zero-order valence-corrected chi connectivity index (χ0v) is 17.8. The second-order valence-electron chi connectivity index (χ2n) is 8.23. The highest BCUT2D eigenvalue weighted by Gasteiger charge is 2.30. The molecule has 0 bridgehead atoms. The average molecular weight is 449 g/mol. The first kappa shape index (κ1) is 19.7. The van der Waals surface area contributed by atoms with Crippen molar-refractivity contribution in [2.75, 3.05) is 19.9 Å². The molecule has 9 nitrogen and oxygen atoms in total. The summed E-state index contributed by atoms with van der Waals surface area (Å²) in [4.78, 5) is 19.3. The lowest BCUT2D eigenvalue weighted by molar-refractivity contribution is 0.0685. The van der Waals surface area contributed by atoms with Gasteiger partial charge in [-0.05, 0) is 55.3 Å². The molecular formula is C23H20FN5O4. The maximum Gasteiger partial charge on any atom is 0.278 e. The summed E-state index contributed by atoms with van der Waals surface area (Å²) in [6, 6.07) is 10.4. The van der Waals surface area contributed by atoms with Crippen LogP contribution in [0, 0.1) is 12.7 Å². The molecule has 2 aliphatic heterocycles. The van der Waals surface area contributed by atoms with Crippen LogP contribution in [0.2, 0.25) is 0 Å². The predicted octanol–water partition coefficient (Wildman–Crippen LogP) is 3.74. The molecule has 2 aromatic heterocycles. The Bertz CT molecular complexity index is 1370. The molecule has 0 radical (unpaired) electrons. The molecule has 168 valence electrons. The van der Waals surface area contributed by atoms with Gasteiger partial charge in [0.2, 0.25) is 6.79 Å². The first-order valence-electron chi connectivity index (χ1n) is 10.7. The smallest absolute Gasteiger partial charge is 0.278 e. The van der Waals surface area contributed by atoms with Gasteiger partial charge in [-0.1, -0.05) is 5.16 Å². The van der Waals surface area contributed by atoms with Crippen molar-refractivity contribution in [3.8, 4) is 22.9 Å². The first-order valence-corrected chi connectivity index (χ1v) is 10.7. The lowest BCUT2D eigenvalue weighted by atomic mass is 10.0. The minimum absolute atomic E-state index is 0.0847. The van der Waals surface area contributed by atoms with Gasteiger partial charge in [-0.25, -0.2) is 14.0 Å². The predicted molar refractivity (Wildman–Crippen MR) is 114 cm³/mol. The fourth-order valence-corrected chi connectivity index (χ4v) is 4.58. The average Bonchev–Trinajstić information content (AvgIpc) is 3.55. The third-order valence-corrected chi connectivity index (χ3v) is 6.25. The van der Waals surface area contributed by atoms with E-state index in [1.807, 2.05) is 18.2 Å². The number of benzene rings is 2. The number of amides is 1. The van der Waals surface area contributed by atoms with Crippen molar-refractivity contribution < 1.29 is 23.3 Å². The zero-order valence-electron chi connectivity index (χ0n) is 17.8. The third kappa shape index (κ3) is 3.29. The molecule has 1 saturated heterocycles. The second kappa shape index (κ2) is 7.58. The van der Waals surface area contributed by atoms with Crippen molar-refractivity contribution >= 4 is 16.9 Å². The molecule has 0 N–H and O–H groups in total. The van der Waals surface area contributed by atoms with Crippen LogP contribution in [-0.2, 0) is 0 Å². The van der Waals surface area contributed by atoms with Crippen LogP contribution in [0.4, 0.5) is 4.39 Å². The molecule has 0 spiro atoms. The van der Waals surface area contributed by atoms with Gasteiger partial charge in [0.1, 0.15) is 17.3 Å². The summed E-state index contributed by atoms with van der Waals surface area (Å²) in [7, 11) is 0. The number of halogens is 1. The summed E-state index contributed by atoms with van der Waals surface area (Å²) in [5.74, 6) is 1.57. The summed E-state index contributed by atoms with van der Waals surface area (Å²) < 4.78 is 31.8. The van der Waals surface area contributed by atoms with Gasteiger partial charge in [0.15, 0.2) is 17.2 Å². The minimum atomic E-state index is -0.332. The van der Waals surface area contributed by atoms with E-state index in [0.717, 1.165) is 29.7 Å². The topological polar surface area (TPSA) is 95.5 Å². The van der Waals surface area contributed by atoms with E-state index < -0.39 is 0 Å². The van der Waals surface area contributed by atoms with E-state index in [-0.39, 0.29) is 30.3 Å². The van der Waals surface area contributed by atoms with Gasteiger partial charge in [0.25, 0.3) is 5.91 Å². The summed E-state index contributed by atoms with van der Waals surface area (Å²) >= 11 is 0.